The van der Waals surface area contributed by atoms with Gasteiger partial charge < -0.3 is 5.32 Å². The van der Waals surface area contributed by atoms with E-state index in [0.717, 1.165) is 5.69 Å². The van der Waals surface area contributed by atoms with Gasteiger partial charge in [-0.1, -0.05) is 12.1 Å². The molecule has 0 saturated carbocycles. The minimum Gasteiger partial charge on any atom is -0.388 e. The van der Waals surface area contributed by atoms with Gasteiger partial charge >= 0.3 is 0 Å². The lowest BCUT2D eigenvalue weighted by atomic mass is 10.1. The van der Waals surface area contributed by atoms with Crippen LogP contribution in [-0.2, 0) is 0 Å². The van der Waals surface area contributed by atoms with Crippen molar-refractivity contribution < 1.29 is 0 Å². The Morgan fingerprint density at radius 3 is 2.71 bits per heavy atom. The van der Waals surface area contributed by atoms with E-state index < -0.39 is 0 Å². The number of aryl methyl sites for hydroxylation is 1. The lowest BCUT2D eigenvalue weighted by Gasteiger charge is -2.04. The fraction of sp³-hybridized carbons (Fsp3) is 0.167. The van der Waals surface area contributed by atoms with Crippen LogP contribution in [0.2, 0.25) is 0 Å². The molecule has 1 heterocycles. The van der Waals surface area contributed by atoms with Crippen molar-refractivity contribution in [1.82, 2.24) is 0 Å². The number of benzene rings is 1. The monoisotopic (exact) mass is 203 g/mol. The van der Waals surface area contributed by atoms with E-state index in [-0.39, 0.29) is 0 Å². The molecule has 2 heteroatoms. The predicted octanol–water partition coefficient (Wildman–Crippen LogP) is 3.77. The number of rotatable bonds is 2. The van der Waals surface area contributed by atoms with Gasteiger partial charge in [-0.2, -0.15) is 0 Å². The summed E-state index contributed by atoms with van der Waals surface area (Å²) in [6.45, 7) is 2.16. The molecular formula is C12H13NS. The van der Waals surface area contributed by atoms with Gasteiger partial charge in [-0.05, 0) is 41.6 Å². The normalized spacial score (nSPS) is 10.1. The predicted molar refractivity (Wildman–Crippen MR) is 64.0 cm³/mol. The van der Waals surface area contributed by atoms with Gasteiger partial charge in [-0.25, -0.2) is 0 Å². The highest BCUT2D eigenvalue weighted by Gasteiger charge is 2.02. The van der Waals surface area contributed by atoms with Crippen LogP contribution in [0.1, 0.15) is 4.88 Å². The Hall–Kier alpha value is -1.28. The molecule has 0 atom stereocenters. The quantitative estimate of drug-likeness (QED) is 0.783. The highest BCUT2D eigenvalue weighted by molar-refractivity contribution is 7.10. The first-order valence-corrected chi connectivity index (χ1v) is 5.51. The summed E-state index contributed by atoms with van der Waals surface area (Å²) in [6, 6.07) is 10.7. The second-order valence-corrected chi connectivity index (χ2v) is 4.34. The number of hydrogen-bond donors (Lipinski definition) is 1. The van der Waals surface area contributed by atoms with Crippen LogP contribution in [0.15, 0.2) is 35.7 Å². The summed E-state index contributed by atoms with van der Waals surface area (Å²) in [4.78, 5) is 1.37. The average molecular weight is 203 g/mol. The molecule has 0 aliphatic rings. The van der Waals surface area contributed by atoms with E-state index in [9.17, 15) is 0 Å². The van der Waals surface area contributed by atoms with Gasteiger partial charge in [-0.15, -0.1) is 11.3 Å². The van der Waals surface area contributed by atoms with E-state index >= 15 is 0 Å². The molecule has 0 saturated heterocycles. The van der Waals surface area contributed by atoms with Crippen LogP contribution in [-0.4, -0.2) is 7.05 Å². The van der Waals surface area contributed by atoms with Crippen LogP contribution in [0, 0.1) is 6.92 Å². The Morgan fingerprint density at radius 1 is 1.21 bits per heavy atom. The Bertz CT molecular complexity index is 431. The molecule has 0 aliphatic heterocycles. The maximum absolute atomic E-state index is 3.15. The largest absolute Gasteiger partial charge is 0.388 e. The van der Waals surface area contributed by atoms with Crippen molar-refractivity contribution in [3.8, 4) is 11.1 Å². The first-order valence-electron chi connectivity index (χ1n) is 4.63. The molecule has 0 spiro atoms. The highest BCUT2D eigenvalue weighted by Crippen LogP contribution is 2.28. The van der Waals surface area contributed by atoms with Crippen LogP contribution >= 0.6 is 11.3 Å². The third kappa shape index (κ3) is 1.66. The van der Waals surface area contributed by atoms with Crippen molar-refractivity contribution in [2.45, 2.75) is 6.92 Å². The van der Waals surface area contributed by atoms with Crippen LogP contribution < -0.4 is 5.32 Å². The second-order valence-electron chi connectivity index (χ2n) is 3.22. The number of thiophene rings is 1. The lowest BCUT2D eigenvalue weighted by molar-refractivity contribution is 1.50. The van der Waals surface area contributed by atoms with E-state index in [1.165, 1.54) is 16.0 Å². The molecule has 0 fully saturated rings. The number of hydrogen-bond acceptors (Lipinski definition) is 2. The zero-order valence-corrected chi connectivity index (χ0v) is 9.19. The summed E-state index contributed by atoms with van der Waals surface area (Å²) in [6.07, 6.45) is 0. The highest BCUT2D eigenvalue weighted by atomic mass is 32.1. The fourth-order valence-electron chi connectivity index (χ4n) is 1.53. The third-order valence-corrected chi connectivity index (χ3v) is 3.17. The van der Waals surface area contributed by atoms with Gasteiger partial charge in [-0.3, -0.25) is 0 Å². The summed E-state index contributed by atoms with van der Waals surface area (Å²) >= 11 is 1.79. The second kappa shape index (κ2) is 3.84. The smallest absolute Gasteiger partial charge is 0.0343 e. The Morgan fingerprint density at radius 2 is 2.07 bits per heavy atom. The van der Waals surface area contributed by atoms with Crippen molar-refractivity contribution >= 4 is 17.0 Å². The standard InChI is InChI=1S/C12H13NS/c1-9-12(6-7-14-9)10-4-3-5-11(8-10)13-2/h3-8,13H,1-2H3. The number of nitrogens with one attached hydrogen (secondary N) is 1. The molecule has 72 valence electrons. The van der Waals surface area contributed by atoms with Crippen LogP contribution in [0.5, 0.6) is 0 Å². The summed E-state index contributed by atoms with van der Waals surface area (Å²) in [5.41, 5.74) is 3.79. The Labute approximate surface area is 88.4 Å². The molecule has 0 amide bonds. The van der Waals surface area contributed by atoms with E-state index in [2.05, 4.69) is 48.0 Å². The van der Waals surface area contributed by atoms with Crippen molar-refractivity contribution in [1.29, 1.82) is 0 Å². The van der Waals surface area contributed by atoms with E-state index in [1.807, 2.05) is 7.05 Å². The molecule has 0 bridgehead atoms. The van der Waals surface area contributed by atoms with Gasteiger partial charge in [0.15, 0.2) is 0 Å². The van der Waals surface area contributed by atoms with Gasteiger partial charge in [0, 0.05) is 17.6 Å². The first-order chi connectivity index (χ1) is 6.81. The summed E-state index contributed by atoms with van der Waals surface area (Å²) < 4.78 is 0. The van der Waals surface area contributed by atoms with E-state index in [1.54, 1.807) is 11.3 Å². The minimum atomic E-state index is 1.16. The molecule has 0 unspecified atom stereocenters. The van der Waals surface area contributed by atoms with Crippen LogP contribution in [0.4, 0.5) is 5.69 Å². The lowest BCUT2D eigenvalue weighted by Crippen LogP contribution is -1.87. The van der Waals surface area contributed by atoms with Crippen molar-refractivity contribution in [3.63, 3.8) is 0 Å². The molecule has 0 radical (unpaired) electrons. The van der Waals surface area contributed by atoms with Crippen LogP contribution in [0.25, 0.3) is 11.1 Å². The van der Waals surface area contributed by atoms with Crippen molar-refractivity contribution in [2.75, 3.05) is 12.4 Å². The van der Waals surface area contributed by atoms with Crippen molar-refractivity contribution in [3.05, 3.63) is 40.6 Å². The number of anilines is 1. The van der Waals surface area contributed by atoms with Gasteiger partial charge in [0.1, 0.15) is 0 Å². The zero-order chi connectivity index (χ0) is 9.97. The van der Waals surface area contributed by atoms with Gasteiger partial charge in [0.25, 0.3) is 0 Å². The van der Waals surface area contributed by atoms with Gasteiger partial charge in [0.05, 0.1) is 0 Å². The minimum absolute atomic E-state index is 1.16. The Kier molecular flexibility index (Phi) is 2.55. The molecular weight excluding hydrogens is 190 g/mol. The summed E-state index contributed by atoms with van der Waals surface area (Å²) in [5, 5.41) is 5.29. The fourth-order valence-corrected chi connectivity index (χ4v) is 2.25. The molecule has 14 heavy (non-hydrogen) atoms. The molecule has 2 aromatic rings. The molecule has 1 N–H and O–H groups in total. The van der Waals surface area contributed by atoms with Gasteiger partial charge in [0.2, 0.25) is 0 Å². The molecule has 0 aliphatic carbocycles. The molecule has 1 nitrogen and oxygen atoms in total. The third-order valence-electron chi connectivity index (χ3n) is 2.32. The topological polar surface area (TPSA) is 12.0 Å². The van der Waals surface area contributed by atoms with E-state index in [0.29, 0.717) is 0 Å². The Balaban J connectivity index is 2.47. The first kappa shape index (κ1) is 9.28. The average Bonchev–Trinajstić information content (AvgIpc) is 2.65. The SMILES string of the molecule is CNc1cccc(-c2ccsc2C)c1. The van der Waals surface area contributed by atoms with Crippen LogP contribution in [0.3, 0.4) is 0 Å². The molecule has 2 rings (SSSR count). The van der Waals surface area contributed by atoms with Crippen molar-refractivity contribution in [2.24, 2.45) is 0 Å². The summed E-state index contributed by atoms with van der Waals surface area (Å²) in [7, 11) is 1.94. The summed E-state index contributed by atoms with van der Waals surface area (Å²) in [5.74, 6) is 0. The maximum Gasteiger partial charge on any atom is 0.0343 e. The molecule has 1 aromatic heterocycles. The zero-order valence-electron chi connectivity index (χ0n) is 8.37. The van der Waals surface area contributed by atoms with E-state index in [4.69, 9.17) is 0 Å². The maximum atomic E-state index is 3.15. The molecule has 1 aromatic carbocycles.